The van der Waals surface area contributed by atoms with Crippen LogP contribution in [0.2, 0.25) is 10.0 Å². The summed E-state index contributed by atoms with van der Waals surface area (Å²) in [7, 11) is -4.17. The van der Waals surface area contributed by atoms with Crippen molar-refractivity contribution in [2.45, 2.75) is 27.1 Å². The maximum absolute atomic E-state index is 12.9. The summed E-state index contributed by atoms with van der Waals surface area (Å²) in [6.07, 6.45) is 2.97. The molecule has 0 spiro atoms. The molecule has 202 valence electrons. The number of benzene rings is 1. The van der Waals surface area contributed by atoms with Crippen LogP contribution in [0.5, 0.6) is 0 Å². The predicted octanol–water partition coefficient (Wildman–Crippen LogP) is 2.75. The zero-order chi connectivity index (χ0) is 27.6. The van der Waals surface area contributed by atoms with E-state index in [0.29, 0.717) is 32.0 Å². The van der Waals surface area contributed by atoms with Gasteiger partial charge in [-0.3, -0.25) is 19.0 Å². The van der Waals surface area contributed by atoms with Gasteiger partial charge < -0.3 is 10.4 Å². The molecule has 38 heavy (non-hydrogen) atoms. The van der Waals surface area contributed by atoms with Gasteiger partial charge in [-0.05, 0) is 23.8 Å². The summed E-state index contributed by atoms with van der Waals surface area (Å²) in [5.41, 5.74) is 0.469. The second kappa shape index (κ2) is 12.1. The molecule has 0 radical (unpaired) electrons. The van der Waals surface area contributed by atoms with Crippen LogP contribution in [0.15, 0.2) is 63.8 Å². The Labute approximate surface area is 240 Å². The Bertz CT molecular complexity index is 1420. The normalized spacial score (nSPS) is 19.1. The van der Waals surface area contributed by atoms with E-state index in [1.54, 1.807) is 30.3 Å². The number of nitrogens with zero attached hydrogens (tertiary/aromatic N) is 2. The van der Waals surface area contributed by atoms with Crippen LogP contribution in [-0.4, -0.2) is 69.4 Å². The number of halogens is 2. The molecule has 1 aromatic carbocycles. The largest absolute Gasteiger partial charge is 0.477 e. The third kappa shape index (κ3) is 6.97. The van der Waals surface area contributed by atoms with Gasteiger partial charge in [0, 0.05) is 38.5 Å². The van der Waals surface area contributed by atoms with E-state index in [0.717, 1.165) is 4.90 Å². The number of thioether (sulfide) groups is 3. The molecular formula is C22H20Cl2N3O7S4+. The number of β-lactam (4-membered cyclic amide) rings is 1. The molecule has 0 saturated carbocycles. The maximum Gasteiger partial charge on any atom is 0.352 e. The van der Waals surface area contributed by atoms with Gasteiger partial charge in [-0.1, -0.05) is 23.2 Å². The third-order valence-electron chi connectivity index (χ3n) is 5.40. The standard InChI is InChI=1S/C22H19Cl2N3O7S4/c23-13-1-2-15(24)16(7-13)36-10-17(28)25-18-20(29)27-19(22(30)31)12(9-37-21(18)27)8-35-14-3-5-26(6-4-14)11-38(32,33)34/h1-7,18,21H,8-11H2,(H2-,25,28,30,31,32,33,34)/p+1/t18-,21+/m0/s1. The number of amides is 2. The summed E-state index contributed by atoms with van der Waals surface area (Å²) in [5, 5.41) is 13.0. The molecule has 1 fully saturated rings. The highest BCUT2D eigenvalue weighted by atomic mass is 35.5. The Kier molecular flexibility index (Phi) is 9.22. The van der Waals surface area contributed by atoms with Crippen LogP contribution in [-0.2, 0) is 30.4 Å². The first-order chi connectivity index (χ1) is 17.9. The number of hydrogen-bond acceptors (Lipinski definition) is 8. The first kappa shape index (κ1) is 29.1. The monoisotopic (exact) mass is 636 g/mol. The number of aliphatic carboxylic acids is 1. The van der Waals surface area contributed by atoms with Gasteiger partial charge in [0.2, 0.25) is 5.91 Å². The molecule has 2 aromatic rings. The van der Waals surface area contributed by atoms with E-state index in [-0.39, 0.29) is 17.4 Å². The summed E-state index contributed by atoms with van der Waals surface area (Å²) < 4.78 is 32.2. The van der Waals surface area contributed by atoms with Crippen LogP contribution < -0.4 is 9.88 Å². The lowest BCUT2D eigenvalue weighted by molar-refractivity contribution is -0.678. The summed E-state index contributed by atoms with van der Waals surface area (Å²) in [4.78, 5) is 40.0. The van der Waals surface area contributed by atoms with Crippen molar-refractivity contribution in [3.05, 3.63) is 64.0 Å². The molecule has 3 N–H and O–H groups in total. The Morgan fingerprint density at radius 3 is 2.55 bits per heavy atom. The lowest BCUT2D eigenvalue weighted by atomic mass is 10.0. The van der Waals surface area contributed by atoms with Crippen molar-refractivity contribution >= 4 is 86.4 Å². The van der Waals surface area contributed by atoms with Gasteiger partial charge in [0.15, 0.2) is 12.4 Å². The Morgan fingerprint density at radius 1 is 1.18 bits per heavy atom. The van der Waals surface area contributed by atoms with Gasteiger partial charge in [0.05, 0.1) is 10.8 Å². The van der Waals surface area contributed by atoms with Crippen molar-refractivity contribution < 1.29 is 37.0 Å². The summed E-state index contributed by atoms with van der Waals surface area (Å²) in [6, 6.07) is 7.36. The lowest BCUT2D eigenvalue weighted by Crippen LogP contribution is -2.70. The number of carboxylic acid groups (broad SMARTS) is 1. The molecule has 0 unspecified atom stereocenters. The Hall–Kier alpha value is -1.94. The molecule has 16 heteroatoms. The number of carbonyl (C=O) groups excluding carboxylic acids is 2. The average Bonchev–Trinajstić information content (AvgIpc) is 2.85. The van der Waals surface area contributed by atoms with Crippen LogP contribution in [0.25, 0.3) is 0 Å². The van der Waals surface area contributed by atoms with E-state index in [1.807, 2.05) is 0 Å². The van der Waals surface area contributed by atoms with Crippen LogP contribution >= 0.6 is 58.5 Å². The molecule has 10 nitrogen and oxygen atoms in total. The fraction of sp³-hybridized carbons (Fsp3) is 0.273. The third-order valence-corrected chi connectivity index (χ3v) is 10.2. The fourth-order valence-corrected chi connectivity index (χ4v) is 7.95. The number of nitrogens with one attached hydrogen (secondary N) is 1. The van der Waals surface area contributed by atoms with Crippen LogP contribution in [0.3, 0.4) is 0 Å². The zero-order valence-corrected chi connectivity index (χ0v) is 24.0. The quantitative estimate of drug-likeness (QED) is 0.154. The van der Waals surface area contributed by atoms with E-state index < -0.39 is 39.3 Å². The van der Waals surface area contributed by atoms with Crippen molar-refractivity contribution in [2.75, 3.05) is 17.3 Å². The van der Waals surface area contributed by atoms with Gasteiger partial charge in [-0.25, -0.2) is 4.79 Å². The highest BCUT2D eigenvalue weighted by Gasteiger charge is 2.54. The number of hydrogen-bond donors (Lipinski definition) is 3. The summed E-state index contributed by atoms with van der Waals surface area (Å²) in [6.45, 7) is 0. The predicted molar refractivity (Wildman–Crippen MR) is 146 cm³/mol. The Balaban J connectivity index is 1.37. The number of pyridine rings is 1. The van der Waals surface area contributed by atoms with E-state index in [1.165, 1.54) is 57.1 Å². The minimum absolute atomic E-state index is 0.00601. The minimum Gasteiger partial charge on any atom is -0.477 e. The highest BCUT2D eigenvalue weighted by molar-refractivity contribution is 8.01. The number of aromatic nitrogens is 1. The van der Waals surface area contributed by atoms with E-state index in [9.17, 15) is 27.9 Å². The molecule has 2 aliphatic rings. The van der Waals surface area contributed by atoms with Gasteiger partial charge in [-0.2, -0.15) is 13.0 Å². The molecule has 1 saturated heterocycles. The topological polar surface area (TPSA) is 145 Å². The minimum atomic E-state index is -4.17. The SMILES string of the molecule is O=C(CSc1cc(Cl)ccc1Cl)N[C@H]1C(=O)N2C(C(=O)O)=C(CSc3cc[n+](CS(=O)(=O)O)cc3)CS[C@H]12. The van der Waals surface area contributed by atoms with Crippen LogP contribution in [0, 0.1) is 0 Å². The molecule has 2 amide bonds. The van der Waals surface area contributed by atoms with Crippen LogP contribution in [0.4, 0.5) is 0 Å². The van der Waals surface area contributed by atoms with Crippen molar-refractivity contribution in [3.63, 3.8) is 0 Å². The van der Waals surface area contributed by atoms with Gasteiger partial charge in [-0.15, -0.1) is 35.3 Å². The first-order valence-electron chi connectivity index (χ1n) is 10.8. The van der Waals surface area contributed by atoms with Gasteiger partial charge in [0.1, 0.15) is 17.1 Å². The highest BCUT2D eigenvalue weighted by Crippen LogP contribution is 2.41. The van der Waals surface area contributed by atoms with Crippen molar-refractivity contribution in [1.29, 1.82) is 0 Å². The number of rotatable bonds is 10. The average molecular weight is 638 g/mol. The van der Waals surface area contributed by atoms with Gasteiger partial charge in [0.25, 0.3) is 11.8 Å². The molecule has 2 atom stereocenters. The fourth-order valence-electron chi connectivity index (χ4n) is 3.73. The maximum atomic E-state index is 12.9. The molecule has 0 bridgehead atoms. The molecule has 4 rings (SSSR count). The number of carboxylic acids is 1. The smallest absolute Gasteiger partial charge is 0.352 e. The molecule has 0 aliphatic carbocycles. The van der Waals surface area contributed by atoms with Gasteiger partial charge >= 0.3 is 16.1 Å². The molecular weight excluding hydrogens is 617 g/mol. The number of carbonyl (C=O) groups is 3. The van der Waals surface area contributed by atoms with Crippen molar-refractivity contribution in [1.82, 2.24) is 10.2 Å². The van der Waals surface area contributed by atoms with E-state index >= 15 is 0 Å². The zero-order valence-electron chi connectivity index (χ0n) is 19.2. The second-order valence-corrected chi connectivity index (χ2v) is 13.6. The second-order valence-electron chi connectivity index (χ2n) is 8.12. The summed E-state index contributed by atoms with van der Waals surface area (Å²) >= 11 is 16.0. The Morgan fingerprint density at radius 2 is 1.89 bits per heavy atom. The lowest BCUT2D eigenvalue weighted by Gasteiger charge is -2.49. The van der Waals surface area contributed by atoms with E-state index in [2.05, 4.69) is 5.32 Å². The summed E-state index contributed by atoms with van der Waals surface area (Å²) in [5.74, 6) is -2.03. The van der Waals surface area contributed by atoms with E-state index in [4.69, 9.17) is 27.8 Å². The van der Waals surface area contributed by atoms with Crippen LogP contribution in [0.1, 0.15) is 0 Å². The molecule has 1 aromatic heterocycles. The molecule has 2 aliphatic heterocycles. The number of fused-ring (bicyclic) bond motifs is 1. The molecule has 3 heterocycles. The van der Waals surface area contributed by atoms with Crippen molar-refractivity contribution in [3.8, 4) is 0 Å². The van der Waals surface area contributed by atoms with Crippen molar-refractivity contribution in [2.24, 2.45) is 0 Å². The first-order valence-corrected chi connectivity index (χ1v) is 16.2.